The second-order valence-electron chi connectivity index (χ2n) is 37.3. The molecule has 5 aliphatic rings. The van der Waals surface area contributed by atoms with Gasteiger partial charge in [-0.3, -0.25) is 29.0 Å². The molecule has 0 atom stereocenters. The first-order chi connectivity index (χ1) is 63.1. The fourth-order valence-corrected chi connectivity index (χ4v) is 16.9. The van der Waals surface area contributed by atoms with Crippen molar-refractivity contribution in [3.63, 3.8) is 0 Å². The predicted molar refractivity (Wildman–Crippen MR) is 517 cm³/mol. The smallest absolute Gasteiger partial charge is 0.444 e. The molecule has 0 saturated carbocycles. The number of piperazine rings is 2. The van der Waals surface area contributed by atoms with Crippen LogP contribution < -0.4 is 37.4 Å². The number of nitrogens with one attached hydrogen (secondary N) is 6. The number of rotatable bonds is 26. The minimum atomic E-state index is -0.511. The lowest BCUT2D eigenvalue weighted by Crippen LogP contribution is -2.49. The van der Waals surface area contributed by atoms with E-state index in [1.807, 2.05) is 108 Å². The summed E-state index contributed by atoms with van der Waals surface area (Å²) in [5, 5.41) is 30.4. The van der Waals surface area contributed by atoms with Crippen molar-refractivity contribution in [1.82, 2.24) is 80.4 Å². The van der Waals surface area contributed by atoms with Crippen LogP contribution in [0.1, 0.15) is 220 Å². The summed E-state index contributed by atoms with van der Waals surface area (Å²) in [4.78, 5) is 105. The van der Waals surface area contributed by atoms with Crippen LogP contribution in [0.3, 0.4) is 0 Å². The number of carbonyl (C=O) groups is 6. The number of fused-ring (bicyclic) bond motifs is 2. The van der Waals surface area contributed by atoms with Gasteiger partial charge in [-0.15, -0.1) is 0 Å². The molecule has 5 saturated heterocycles. The zero-order chi connectivity index (χ0) is 94.2. The van der Waals surface area contributed by atoms with Crippen molar-refractivity contribution in [3.05, 3.63) is 217 Å². The molecule has 15 rings (SSSR count). The molecular formula is C100H130BBrN18O12. The highest BCUT2D eigenvalue weighted by molar-refractivity contribution is 9.10. The van der Waals surface area contributed by atoms with Gasteiger partial charge in [0.15, 0.2) is 11.3 Å². The van der Waals surface area contributed by atoms with Gasteiger partial charge in [-0.05, 0) is 228 Å². The van der Waals surface area contributed by atoms with Crippen molar-refractivity contribution < 1.29 is 57.0 Å². The minimum absolute atomic E-state index is 0.153. The third kappa shape index (κ3) is 25.6. The third-order valence-corrected chi connectivity index (χ3v) is 25.5. The number of aryl methyl sites for hydroxylation is 6. The quantitative estimate of drug-likeness (QED) is 0.0274. The van der Waals surface area contributed by atoms with E-state index >= 15 is 0 Å². The summed E-state index contributed by atoms with van der Waals surface area (Å²) in [5.74, 6) is -1.47. The lowest BCUT2D eigenvalue weighted by atomic mass is 9.78. The van der Waals surface area contributed by atoms with Gasteiger partial charge in [0.05, 0.1) is 45.7 Å². The lowest BCUT2D eigenvalue weighted by molar-refractivity contribution is 0.00578. The Morgan fingerprint density at radius 1 is 0.470 bits per heavy atom. The monoisotopic (exact) mass is 1860 g/mol. The maximum atomic E-state index is 13.6. The largest absolute Gasteiger partial charge is 0.494 e. The Hall–Kier alpha value is -11.3. The molecular weight excluding hydrogens is 1740 g/mol. The number of nitrogens with zero attached hydrogens (tertiary/aromatic N) is 12. The van der Waals surface area contributed by atoms with Crippen LogP contribution in [0.4, 0.5) is 21.0 Å². The Labute approximate surface area is 784 Å². The maximum Gasteiger partial charge on any atom is 0.494 e. The molecule has 132 heavy (non-hydrogen) atoms. The summed E-state index contributed by atoms with van der Waals surface area (Å²) in [6.45, 7) is 44.8. The Kier molecular flexibility index (Phi) is 32.8. The number of aromatic nitrogens is 8. The van der Waals surface area contributed by atoms with Gasteiger partial charge >= 0.3 is 19.3 Å². The van der Waals surface area contributed by atoms with Gasteiger partial charge in [-0.1, -0.05) is 109 Å². The standard InChI is InChI=1S/C47H59N9O5.C31H36BrN7O3.C22H35BN2O4/c1-7-39-37(42(51-35-17-23-60-24-18-35)38-29-50-56(8-2)43(38)53-39)28-49-45(58)41-14-10-13-40(52-41)44(57)48-27-32-16-15-31(3)36(26-32)34-12-9-11-33(25-34)30-54-19-21-55(22-20-54)46(59)61-47(4,5)6;1-4-25-22(28(36-21-11-13-42-14-12-21)23-18-35-39(5-2)29(23)38-25)17-34-31(41)27-8-6-7-26(37-27)30(40)33-16-20-10-9-19(3)24(32)15-20;1-20(2,3)27-19(26)25-13-11-24(12-14-25)16-17-9-8-10-18(15-17)23-28-21(4,5)22(6,7)29-23/h9-16,25-26,29,35H,7-8,17-24,27-28,30H2,1-6H3,(H,48,57)(H,49,58)(H,51,53);6-10,15,18,21H,4-5,11-14,16-17H2,1-3H3,(H,33,40)(H,34,41)(H,36,38);8-10,15H,11-14,16H2,1-7H3. The number of carbonyl (C=O) groups excluding carboxylic acids is 6. The van der Waals surface area contributed by atoms with Gasteiger partial charge in [-0.25, -0.2) is 38.9 Å². The maximum absolute atomic E-state index is 13.6. The molecule has 5 fully saturated rings. The van der Waals surface area contributed by atoms with E-state index in [0.717, 1.165) is 164 Å². The van der Waals surface area contributed by atoms with E-state index in [1.54, 1.807) is 46.2 Å². The van der Waals surface area contributed by atoms with Gasteiger partial charge in [0.2, 0.25) is 0 Å². The van der Waals surface area contributed by atoms with Crippen molar-refractivity contribution in [2.45, 2.75) is 236 Å². The molecule has 0 bridgehead atoms. The molecule has 32 heteroatoms. The Morgan fingerprint density at radius 2 is 0.864 bits per heavy atom. The summed E-state index contributed by atoms with van der Waals surface area (Å²) in [5.41, 5.74) is 16.0. The van der Waals surface area contributed by atoms with Crippen LogP contribution in [0.5, 0.6) is 0 Å². The molecule has 6 amide bonds. The third-order valence-electron chi connectivity index (χ3n) is 24.7. The number of pyridine rings is 4. The van der Waals surface area contributed by atoms with E-state index in [0.29, 0.717) is 91.6 Å². The Morgan fingerprint density at radius 3 is 1.27 bits per heavy atom. The van der Waals surface area contributed by atoms with E-state index in [4.69, 9.17) is 38.2 Å². The Bertz CT molecular complexity index is 5710. The van der Waals surface area contributed by atoms with Gasteiger partial charge in [-0.2, -0.15) is 10.2 Å². The van der Waals surface area contributed by atoms with Crippen LogP contribution in [0.2, 0.25) is 0 Å². The highest BCUT2D eigenvalue weighted by atomic mass is 79.9. The topological polar surface area (TPSA) is 330 Å². The first kappa shape index (κ1) is 98.3. The van der Waals surface area contributed by atoms with Crippen LogP contribution in [0.25, 0.3) is 33.2 Å². The summed E-state index contributed by atoms with van der Waals surface area (Å²) in [7, 11) is -0.344. The van der Waals surface area contributed by atoms with Gasteiger partial charge in [0.25, 0.3) is 23.6 Å². The molecule has 4 aromatic carbocycles. The Balaban J connectivity index is 0.000000181. The zero-order valence-electron chi connectivity index (χ0n) is 79.5. The van der Waals surface area contributed by atoms with E-state index < -0.39 is 11.2 Å². The minimum Gasteiger partial charge on any atom is -0.444 e. The molecule has 0 radical (unpaired) electrons. The van der Waals surface area contributed by atoms with Gasteiger partial charge in [0, 0.05) is 170 Å². The average molecular weight is 1870 g/mol. The predicted octanol–water partition coefficient (Wildman–Crippen LogP) is 14.9. The molecule has 702 valence electrons. The van der Waals surface area contributed by atoms with E-state index in [-0.39, 0.29) is 102 Å². The second-order valence-corrected chi connectivity index (χ2v) is 38.1. The molecule has 0 spiro atoms. The average Bonchev–Trinajstić information content (AvgIpc) is 1.57. The fraction of sp³-hybridized carbons (Fsp3) is 0.480. The van der Waals surface area contributed by atoms with E-state index in [1.165, 1.54) is 11.1 Å². The number of ether oxygens (including phenoxy) is 4. The highest BCUT2D eigenvalue weighted by Crippen LogP contribution is 2.38. The second kappa shape index (κ2) is 44.1. The number of anilines is 2. The lowest BCUT2D eigenvalue weighted by Gasteiger charge is -2.35. The molecule has 0 unspecified atom stereocenters. The van der Waals surface area contributed by atoms with E-state index in [2.05, 4.69) is 187 Å². The van der Waals surface area contributed by atoms with Gasteiger partial charge in [0.1, 0.15) is 34.0 Å². The van der Waals surface area contributed by atoms with Crippen molar-refractivity contribution >= 4 is 97.8 Å². The van der Waals surface area contributed by atoms with E-state index in [9.17, 15) is 28.8 Å². The number of halogens is 1. The van der Waals surface area contributed by atoms with Crippen LogP contribution in [-0.2, 0) is 93.5 Å². The first-order valence-corrected chi connectivity index (χ1v) is 47.2. The fourth-order valence-electron chi connectivity index (χ4n) is 16.5. The van der Waals surface area contributed by atoms with Crippen molar-refractivity contribution in [2.75, 3.05) is 89.4 Å². The summed E-state index contributed by atoms with van der Waals surface area (Å²) >= 11 is 3.52. The van der Waals surface area contributed by atoms with Crippen molar-refractivity contribution in [2.24, 2.45) is 0 Å². The van der Waals surface area contributed by atoms with Crippen LogP contribution in [0.15, 0.2) is 138 Å². The van der Waals surface area contributed by atoms with Crippen molar-refractivity contribution in [1.29, 1.82) is 0 Å². The number of benzene rings is 4. The molecule has 5 aliphatic heterocycles. The SMILES string of the molecule is CC(C)(C)OC(=O)N1CCN(Cc2cccc(B3OC(C)(C)C(C)(C)O3)c2)CC1.CCc1nc2c(cnn2CC)c(NC2CCOCC2)c1CNC(=O)c1cccc(C(=O)NCc2ccc(C)c(-c3cccc(CN4CCN(C(=O)OC(C)(C)C)CC4)c3)c2)n1.CCc1nc2c(cnn2CC)c(NC2CCOCC2)c1CNC(=O)c1cccc(C(=O)NCc2ccc(C)c(Br)c2)n1. The highest BCUT2D eigenvalue weighted by Gasteiger charge is 2.52. The molecule has 6 aromatic heterocycles. The zero-order valence-corrected chi connectivity index (χ0v) is 81.0. The van der Waals surface area contributed by atoms with Crippen LogP contribution >= 0.6 is 15.9 Å². The number of hydrogen-bond donors (Lipinski definition) is 6. The molecule has 10 aromatic rings. The van der Waals surface area contributed by atoms with Crippen molar-refractivity contribution in [3.8, 4) is 11.1 Å². The van der Waals surface area contributed by atoms with Gasteiger partial charge < -0.3 is 70.0 Å². The molecule has 30 nitrogen and oxygen atoms in total. The molecule has 11 heterocycles. The summed E-state index contributed by atoms with van der Waals surface area (Å²) in [6, 6.07) is 39.4. The van der Waals surface area contributed by atoms with Crippen LogP contribution in [-0.4, -0.2) is 215 Å². The molecule has 0 aliphatic carbocycles. The summed E-state index contributed by atoms with van der Waals surface area (Å²) < 4.78 is 39.3. The number of amides is 6. The number of hydrogen-bond acceptors (Lipinski definition) is 22. The normalized spacial score (nSPS) is 16.2. The molecule has 6 N–H and O–H groups in total. The van der Waals surface area contributed by atoms with Crippen LogP contribution in [0, 0.1) is 13.8 Å². The first-order valence-electron chi connectivity index (χ1n) is 46.4. The summed E-state index contributed by atoms with van der Waals surface area (Å²) in [6.07, 6.45) is 8.16.